The van der Waals surface area contributed by atoms with E-state index in [0.29, 0.717) is 6.61 Å². The summed E-state index contributed by atoms with van der Waals surface area (Å²) in [5.41, 5.74) is 2.08. The van der Waals surface area contributed by atoms with E-state index in [0.717, 1.165) is 31.6 Å². The number of likely N-dealkylation sites (N-methyl/N-ethyl adjacent to an activating group) is 2. The highest BCUT2D eigenvalue weighted by Gasteiger charge is 2.07. The van der Waals surface area contributed by atoms with Crippen LogP contribution in [0.4, 0.5) is 0 Å². The predicted molar refractivity (Wildman–Crippen MR) is 78.2 cm³/mol. The Morgan fingerprint density at radius 2 is 1.95 bits per heavy atom. The van der Waals surface area contributed by atoms with Gasteiger partial charge in [-0.2, -0.15) is 0 Å². The summed E-state index contributed by atoms with van der Waals surface area (Å²) in [6.07, 6.45) is 0.175. The third-order valence-electron chi connectivity index (χ3n) is 2.92. The molecule has 0 aliphatic rings. The van der Waals surface area contributed by atoms with E-state index < -0.39 is 6.29 Å². The Morgan fingerprint density at radius 1 is 1.26 bits per heavy atom. The Labute approximate surface area is 116 Å². The van der Waals surface area contributed by atoms with Crippen molar-refractivity contribution in [2.24, 2.45) is 0 Å². The van der Waals surface area contributed by atoms with Crippen molar-refractivity contribution < 1.29 is 9.84 Å². The molecule has 1 aromatic carbocycles. The zero-order valence-corrected chi connectivity index (χ0v) is 12.2. The van der Waals surface area contributed by atoms with Crippen LogP contribution in [-0.2, 0) is 11.2 Å². The quantitative estimate of drug-likeness (QED) is 0.524. The minimum Gasteiger partial charge on any atom is -0.364 e. The van der Waals surface area contributed by atoms with Crippen LogP contribution in [0.15, 0.2) is 24.3 Å². The number of nitrogens with zero attached hydrogens (tertiary/aromatic N) is 1. The fourth-order valence-corrected chi connectivity index (χ4v) is 1.70. The van der Waals surface area contributed by atoms with Crippen molar-refractivity contribution in [2.75, 3.05) is 40.3 Å². The second-order valence-electron chi connectivity index (χ2n) is 4.87. The normalized spacial score (nSPS) is 12.9. The summed E-state index contributed by atoms with van der Waals surface area (Å²) in [4.78, 5) is 2.02. The van der Waals surface area contributed by atoms with Crippen molar-refractivity contribution in [1.29, 1.82) is 0 Å². The molecule has 0 fully saturated rings. The number of benzene rings is 1. The van der Waals surface area contributed by atoms with Gasteiger partial charge in [-0.1, -0.05) is 31.2 Å². The van der Waals surface area contributed by atoms with Gasteiger partial charge in [-0.15, -0.1) is 0 Å². The molecule has 0 saturated heterocycles. The van der Waals surface area contributed by atoms with Gasteiger partial charge in [0.15, 0.2) is 6.29 Å². The molecule has 0 aromatic heterocycles. The molecule has 4 nitrogen and oxygen atoms in total. The number of aliphatic hydroxyl groups excluding tert-OH is 1. The summed E-state index contributed by atoms with van der Waals surface area (Å²) >= 11 is 0. The maximum Gasteiger partial charge on any atom is 0.181 e. The number of nitrogens with one attached hydrogen (secondary N) is 1. The molecule has 0 spiro atoms. The second-order valence-corrected chi connectivity index (χ2v) is 4.87. The van der Waals surface area contributed by atoms with Gasteiger partial charge in [-0.25, -0.2) is 0 Å². The fourth-order valence-electron chi connectivity index (χ4n) is 1.70. The zero-order valence-electron chi connectivity index (χ0n) is 12.2. The number of hydrogen-bond acceptors (Lipinski definition) is 4. The monoisotopic (exact) mass is 266 g/mol. The zero-order chi connectivity index (χ0) is 14.1. The molecule has 2 N–H and O–H groups in total. The smallest absolute Gasteiger partial charge is 0.181 e. The molecule has 0 saturated carbocycles. The van der Waals surface area contributed by atoms with E-state index in [1.54, 1.807) is 0 Å². The first kappa shape index (κ1) is 16.1. The van der Waals surface area contributed by atoms with Crippen molar-refractivity contribution in [3.05, 3.63) is 35.4 Å². The Bertz CT molecular complexity index is 339. The largest absolute Gasteiger partial charge is 0.364 e. The van der Waals surface area contributed by atoms with Crippen LogP contribution in [0.25, 0.3) is 0 Å². The van der Waals surface area contributed by atoms with Crippen LogP contribution in [0, 0.1) is 0 Å². The predicted octanol–water partition coefficient (Wildman–Crippen LogP) is 1.41. The minimum atomic E-state index is -0.831. The molecular weight excluding hydrogens is 240 g/mol. The van der Waals surface area contributed by atoms with E-state index in [4.69, 9.17) is 4.74 Å². The molecule has 0 radical (unpaired) electrons. The highest BCUT2D eigenvalue weighted by molar-refractivity contribution is 5.23. The number of ether oxygens (including phenoxy) is 1. The lowest BCUT2D eigenvalue weighted by atomic mass is 10.1. The van der Waals surface area contributed by atoms with Gasteiger partial charge in [-0.05, 0) is 39.2 Å². The molecule has 4 heteroatoms. The summed E-state index contributed by atoms with van der Waals surface area (Å²) in [6, 6.07) is 7.96. The van der Waals surface area contributed by atoms with E-state index in [9.17, 15) is 5.11 Å². The first-order chi connectivity index (χ1) is 9.13. The maximum atomic E-state index is 9.89. The van der Waals surface area contributed by atoms with E-state index in [-0.39, 0.29) is 0 Å². The third-order valence-corrected chi connectivity index (χ3v) is 2.92. The number of rotatable bonds is 9. The van der Waals surface area contributed by atoms with E-state index in [1.807, 2.05) is 43.3 Å². The first-order valence-electron chi connectivity index (χ1n) is 6.87. The van der Waals surface area contributed by atoms with Gasteiger partial charge < -0.3 is 20.1 Å². The topological polar surface area (TPSA) is 44.7 Å². The summed E-state index contributed by atoms with van der Waals surface area (Å²) in [5, 5.41) is 13.2. The fraction of sp³-hybridized carbons (Fsp3) is 0.600. The van der Waals surface area contributed by atoms with E-state index >= 15 is 0 Å². The molecule has 108 valence electrons. The van der Waals surface area contributed by atoms with Crippen LogP contribution in [0.2, 0.25) is 0 Å². The molecular formula is C15H26N2O2. The summed E-state index contributed by atoms with van der Waals surface area (Å²) in [6.45, 7) is 5.41. The van der Waals surface area contributed by atoms with Crippen LogP contribution in [-0.4, -0.2) is 50.3 Å². The molecule has 0 amide bonds. The van der Waals surface area contributed by atoms with Crippen LogP contribution >= 0.6 is 0 Å². The summed E-state index contributed by atoms with van der Waals surface area (Å²) < 4.78 is 5.38. The van der Waals surface area contributed by atoms with Gasteiger partial charge in [0.25, 0.3) is 0 Å². The highest BCUT2D eigenvalue weighted by atomic mass is 16.6. The van der Waals surface area contributed by atoms with Gasteiger partial charge >= 0.3 is 0 Å². The average molecular weight is 266 g/mol. The molecule has 1 rings (SSSR count). The van der Waals surface area contributed by atoms with Gasteiger partial charge in [-0.3, -0.25) is 0 Å². The van der Waals surface area contributed by atoms with E-state index in [2.05, 4.69) is 12.2 Å². The van der Waals surface area contributed by atoms with Crippen molar-refractivity contribution in [1.82, 2.24) is 10.2 Å². The molecule has 0 bridgehead atoms. The van der Waals surface area contributed by atoms with Crippen molar-refractivity contribution in [2.45, 2.75) is 19.6 Å². The molecule has 0 aliphatic carbocycles. The first-order valence-corrected chi connectivity index (χ1v) is 6.87. The van der Waals surface area contributed by atoms with Crippen LogP contribution in [0.5, 0.6) is 0 Å². The SMILES string of the molecule is CCNCCc1ccc(C(O)OCCN(C)C)cc1. The summed E-state index contributed by atoms with van der Waals surface area (Å²) in [7, 11) is 3.96. The second kappa shape index (κ2) is 9.04. The van der Waals surface area contributed by atoms with Crippen molar-refractivity contribution in [3.63, 3.8) is 0 Å². The van der Waals surface area contributed by atoms with E-state index in [1.165, 1.54) is 5.56 Å². The van der Waals surface area contributed by atoms with Gasteiger partial charge in [0, 0.05) is 12.1 Å². The Hall–Kier alpha value is -0.940. The third kappa shape index (κ3) is 6.68. The summed E-state index contributed by atoms with van der Waals surface area (Å²) in [5.74, 6) is 0. The Kier molecular flexibility index (Phi) is 7.67. The van der Waals surface area contributed by atoms with Gasteiger partial charge in [0.05, 0.1) is 6.61 Å². The van der Waals surface area contributed by atoms with Gasteiger partial charge in [0.1, 0.15) is 0 Å². The molecule has 1 unspecified atom stereocenters. The minimum absolute atomic E-state index is 0.524. The average Bonchev–Trinajstić information content (AvgIpc) is 2.39. The Balaban J connectivity index is 2.37. The molecule has 0 aliphatic heterocycles. The standard InChI is InChI=1S/C15H26N2O2/c1-4-16-10-9-13-5-7-14(8-6-13)15(18)19-12-11-17(2)3/h5-8,15-16,18H,4,9-12H2,1-3H3. The lowest BCUT2D eigenvalue weighted by Gasteiger charge is -2.15. The van der Waals surface area contributed by atoms with Crippen LogP contribution in [0.3, 0.4) is 0 Å². The van der Waals surface area contributed by atoms with Crippen LogP contribution in [0.1, 0.15) is 24.3 Å². The van der Waals surface area contributed by atoms with Crippen molar-refractivity contribution >= 4 is 0 Å². The number of hydrogen-bond donors (Lipinski definition) is 2. The molecule has 19 heavy (non-hydrogen) atoms. The lowest BCUT2D eigenvalue weighted by molar-refractivity contribution is -0.105. The van der Waals surface area contributed by atoms with Crippen LogP contribution < -0.4 is 5.32 Å². The van der Waals surface area contributed by atoms with Crippen molar-refractivity contribution in [3.8, 4) is 0 Å². The highest BCUT2D eigenvalue weighted by Crippen LogP contribution is 2.15. The molecule has 1 atom stereocenters. The lowest BCUT2D eigenvalue weighted by Crippen LogP contribution is -2.19. The molecule has 1 aromatic rings. The maximum absolute atomic E-state index is 9.89. The molecule has 0 heterocycles. The van der Waals surface area contributed by atoms with Gasteiger partial charge in [0.2, 0.25) is 0 Å². The Morgan fingerprint density at radius 3 is 2.53 bits per heavy atom. The number of aliphatic hydroxyl groups is 1.